The first-order valence-corrected chi connectivity index (χ1v) is 15.7. The molecule has 0 atom stereocenters. The molecular formula is C32H51FN8O2. The summed E-state index contributed by atoms with van der Waals surface area (Å²) >= 11 is 0. The first kappa shape index (κ1) is 32.9. The number of benzene rings is 1. The van der Waals surface area contributed by atoms with Gasteiger partial charge in [-0.05, 0) is 89.6 Å². The lowest BCUT2D eigenvalue weighted by Crippen LogP contribution is -2.52. The first-order valence-electron chi connectivity index (χ1n) is 15.7. The van der Waals surface area contributed by atoms with Gasteiger partial charge in [0.1, 0.15) is 5.82 Å². The van der Waals surface area contributed by atoms with Crippen molar-refractivity contribution >= 4 is 28.9 Å². The average molecular weight is 599 g/mol. The standard InChI is InChI=1S/C31H48N8O2.CH3F/c1-5-25-29(33-22-8-12-31(3,41)13-9-22)36-30(27(35-25)28(32)40)34-23-6-7-26(21(2)20-23)39-14-10-24(11-15-39)38-18-16-37(4)17-19-38;1-2/h6-7,20,22,24,41H,5,8-19H2,1-4H3,(H2,32,40)(H2,33,34,36);1H3. The molecule has 0 bridgehead atoms. The number of piperidine rings is 1. The Labute approximate surface area is 256 Å². The van der Waals surface area contributed by atoms with Crippen LogP contribution in [0.4, 0.5) is 27.4 Å². The van der Waals surface area contributed by atoms with E-state index in [2.05, 4.69) is 56.4 Å². The molecule has 1 saturated carbocycles. The number of nitrogens with two attached hydrogens (primary N) is 1. The molecule has 1 amide bonds. The number of nitrogens with one attached hydrogen (secondary N) is 2. The van der Waals surface area contributed by atoms with E-state index in [1.54, 1.807) is 0 Å². The van der Waals surface area contributed by atoms with E-state index in [4.69, 9.17) is 10.7 Å². The van der Waals surface area contributed by atoms with Gasteiger partial charge in [-0.15, -0.1) is 0 Å². The Bertz CT molecular complexity index is 1220. The molecule has 238 valence electrons. The second-order valence-electron chi connectivity index (χ2n) is 12.5. The van der Waals surface area contributed by atoms with E-state index >= 15 is 0 Å². The number of hydrogen-bond acceptors (Lipinski definition) is 9. The quantitative estimate of drug-likeness (QED) is 0.356. The number of alkyl halides is 1. The van der Waals surface area contributed by atoms with Crippen LogP contribution in [0, 0.1) is 6.92 Å². The van der Waals surface area contributed by atoms with Gasteiger partial charge in [0.25, 0.3) is 5.91 Å². The summed E-state index contributed by atoms with van der Waals surface area (Å²) in [5.74, 6) is 0.426. The number of anilines is 4. The number of aryl methyl sites for hydroxylation is 2. The molecule has 0 spiro atoms. The number of carbonyl (C=O) groups excluding carboxylic acids is 1. The van der Waals surface area contributed by atoms with E-state index in [0.29, 0.717) is 37.0 Å². The molecule has 0 unspecified atom stereocenters. The maximum Gasteiger partial charge on any atom is 0.271 e. The highest BCUT2D eigenvalue weighted by Gasteiger charge is 2.30. The number of hydrogen-bond donors (Lipinski definition) is 4. The van der Waals surface area contributed by atoms with Crippen LogP contribution in [0.5, 0.6) is 0 Å². The molecule has 10 nitrogen and oxygen atoms in total. The van der Waals surface area contributed by atoms with Gasteiger partial charge < -0.3 is 31.3 Å². The number of aliphatic hydroxyl groups is 1. The Kier molecular flexibility index (Phi) is 11.2. The fourth-order valence-corrected chi connectivity index (χ4v) is 6.55. The van der Waals surface area contributed by atoms with E-state index in [1.165, 1.54) is 37.2 Å². The number of primary amides is 1. The van der Waals surface area contributed by atoms with Gasteiger partial charge in [0.15, 0.2) is 11.5 Å². The van der Waals surface area contributed by atoms with E-state index in [9.17, 15) is 14.3 Å². The summed E-state index contributed by atoms with van der Waals surface area (Å²) in [6.07, 6.45) is 6.19. The SMILES string of the molecule is CCc1nc(C(N)=O)c(Nc2ccc(N3CCC(N4CCN(C)CC4)CC3)c(C)c2)nc1NC1CCC(C)(O)CC1.CF. The Morgan fingerprint density at radius 3 is 2.28 bits per heavy atom. The lowest BCUT2D eigenvalue weighted by Gasteiger charge is -2.43. The molecule has 1 aromatic heterocycles. The predicted molar refractivity (Wildman–Crippen MR) is 172 cm³/mol. The van der Waals surface area contributed by atoms with Crippen LogP contribution >= 0.6 is 0 Å². The van der Waals surface area contributed by atoms with Crippen molar-refractivity contribution in [2.75, 3.05) is 69.0 Å². The summed E-state index contributed by atoms with van der Waals surface area (Å²) in [4.78, 5) is 29.4. The smallest absolute Gasteiger partial charge is 0.271 e. The molecule has 2 aromatic rings. The Morgan fingerprint density at radius 2 is 1.70 bits per heavy atom. The van der Waals surface area contributed by atoms with Gasteiger partial charge in [-0.1, -0.05) is 6.92 Å². The van der Waals surface area contributed by atoms with Gasteiger partial charge in [0.05, 0.1) is 18.5 Å². The van der Waals surface area contributed by atoms with E-state index in [1.807, 2.05) is 19.9 Å². The summed E-state index contributed by atoms with van der Waals surface area (Å²) in [5, 5.41) is 17.2. The van der Waals surface area contributed by atoms with Crippen LogP contribution in [-0.4, -0.2) is 102 Å². The fraction of sp³-hybridized carbons (Fsp3) is 0.656. The summed E-state index contributed by atoms with van der Waals surface area (Å²) in [5.41, 5.74) is 9.27. The molecule has 1 aromatic carbocycles. The summed E-state index contributed by atoms with van der Waals surface area (Å²) in [7, 11) is 2.71. The van der Waals surface area contributed by atoms with Crippen LogP contribution in [0.15, 0.2) is 18.2 Å². The predicted octanol–water partition coefficient (Wildman–Crippen LogP) is 4.10. The molecule has 2 saturated heterocycles. The van der Waals surface area contributed by atoms with E-state index in [-0.39, 0.29) is 11.7 Å². The molecule has 43 heavy (non-hydrogen) atoms. The van der Waals surface area contributed by atoms with Gasteiger partial charge in [-0.3, -0.25) is 14.1 Å². The molecule has 3 aliphatic rings. The molecule has 0 radical (unpaired) electrons. The topological polar surface area (TPSA) is 123 Å². The molecule has 5 rings (SSSR count). The highest BCUT2D eigenvalue weighted by atomic mass is 19.1. The van der Waals surface area contributed by atoms with Crippen molar-refractivity contribution in [2.45, 2.75) is 83.4 Å². The van der Waals surface area contributed by atoms with Crippen molar-refractivity contribution in [1.82, 2.24) is 19.8 Å². The number of amides is 1. The maximum atomic E-state index is 12.4. The molecule has 1 aliphatic carbocycles. The number of aromatic nitrogens is 2. The van der Waals surface area contributed by atoms with Crippen LogP contribution in [0.1, 0.15) is 74.1 Å². The van der Waals surface area contributed by atoms with Crippen molar-refractivity contribution < 1.29 is 14.3 Å². The minimum Gasteiger partial charge on any atom is -0.390 e. The fourth-order valence-electron chi connectivity index (χ4n) is 6.55. The largest absolute Gasteiger partial charge is 0.390 e. The van der Waals surface area contributed by atoms with Crippen LogP contribution in [0.25, 0.3) is 0 Å². The molecule has 2 aliphatic heterocycles. The first-order chi connectivity index (χ1) is 20.6. The van der Waals surface area contributed by atoms with Gasteiger partial charge in [0, 0.05) is 62.7 Å². The second kappa shape index (κ2) is 14.6. The van der Waals surface area contributed by atoms with E-state index in [0.717, 1.165) is 57.5 Å². The maximum absolute atomic E-state index is 12.4. The summed E-state index contributed by atoms with van der Waals surface area (Å²) in [6, 6.07) is 7.20. The highest BCUT2D eigenvalue weighted by molar-refractivity contribution is 5.96. The van der Waals surface area contributed by atoms with Crippen LogP contribution in [0.3, 0.4) is 0 Å². The zero-order valence-electron chi connectivity index (χ0n) is 26.6. The summed E-state index contributed by atoms with van der Waals surface area (Å²) in [6.45, 7) is 12.8. The molecule has 11 heteroatoms. The third-order valence-corrected chi connectivity index (χ3v) is 9.26. The van der Waals surface area contributed by atoms with Crippen molar-refractivity contribution in [3.63, 3.8) is 0 Å². The number of piperazine rings is 1. The Morgan fingerprint density at radius 1 is 1.05 bits per heavy atom. The lowest BCUT2D eigenvalue weighted by atomic mass is 9.83. The zero-order valence-corrected chi connectivity index (χ0v) is 26.6. The number of likely N-dealkylation sites (N-methyl/N-ethyl adjacent to an activating group) is 1. The van der Waals surface area contributed by atoms with E-state index < -0.39 is 11.5 Å². The minimum absolute atomic E-state index is 0.145. The molecular weight excluding hydrogens is 547 g/mol. The van der Waals surface area contributed by atoms with Crippen LogP contribution in [-0.2, 0) is 6.42 Å². The second-order valence-corrected chi connectivity index (χ2v) is 12.5. The third kappa shape index (κ3) is 8.33. The average Bonchev–Trinajstić information content (AvgIpc) is 3.00. The van der Waals surface area contributed by atoms with Gasteiger partial charge in [0.2, 0.25) is 0 Å². The Balaban J connectivity index is 0.00000207. The van der Waals surface area contributed by atoms with Crippen molar-refractivity contribution in [3.05, 3.63) is 35.2 Å². The molecule has 3 heterocycles. The molecule has 3 fully saturated rings. The van der Waals surface area contributed by atoms with Crippen LogP contribution < -0.4 is 21.3 Å². The van der Waals surface area contributed by atoms with Crippen molar-refractivity contribution in [2.24, 2.45) is 5.73 Å². The number of halogens is 1. The minimum atomic E-state index is -0.607. The van der Waals surface area contributed by atoms with Gasteiger partial charge >= 0.3 is 0 Å². The third-order valence-electron chi connectivity index (χ3n) is 9.26. The normalized spacial score (nSPS) is 23.8. The number of nitrogens with zero attached hydrogens (tertiary/aromatic N) is 5. The van der Waals surface area contributed by atoms with Crippen LogP contribution in [0.2, 0.25) is 0 Å². The van der Waals surface area contributed by atoms with Crippen molar-refractivity contribution in [3.8, 4) is 0 Å². The van der Waals surface area contributed by atoms with Crippen molar-refractivity contribution in [1.29, 1.82) is 0 Å². The summed E-state index contributed by atoms with van der Waals surface area (Å²) < 4.78 is 9.50. The molecule has 5 N–H and O–H groups in total. The number of rotatable bonds is 8. The highest BCUT2D eigenvalue weighted by Crippen LogP contribution is 2.32. The van der Waals surface area contributed by atoms with Gasteiger partial charge in [-0.25, -0.2) is 9.97 Å². The zero-order chi connectivity index (χ0) is 31.1. The number of carbonyl (C=O) groups is 1. The lowest BCUT2D eigenvalue weighted by molar-refractivity contribution is 0.0196. The van der Waals surface area contributed by atoms with Gasteiger partial charge in [-0.2, -0.15) is 0 Å². The monoisotopic (exact) mass is 598 g/mol. The Hall–Kier alpha value is -3.02.